The van der Waals surface area contributed by atoms with Gasteiger partial charge in [0, 0.05) is 15.4 Å². The SMILES string of the molecule is COc1ccc(-c2csc(NNS(=O)(=O)c3ccc(Br)cc3)n2)cc1. The Hall–Kier alpha value is -1.94. The van der Waals surface area contributed by atoms with Crippen molar-refractivity contribution in [3.05, 3.63) is 58.4 Å². The number of methoxy groups -OCH3 is 1. The third-order valence-corrected chi connectivity index (χ3v) is 5.86. The molecule has 1 aromatic heterocycles. The van der Waals surface area contributed by atoms with Crippen LogP contribution in [0, 0.1) is 0 Å². The molecule has 0 aliphatic heterocycles. The lowest BCUT2D eigenvalue weighted by Crippen LogP contribution is -2.29. The summed E-state index contributed by atoms with van der Waals surface area (Å²) < 4.78 is 30.4. The number of anilines is 1. The van der Waals surface area contributed by atoms with Crippen LogP contribution in [0.25, 0.3) is 11.3 Å². The Labute approximate surface area is 158 Å². The van der Waals surface area contributed by atoms with Crippen molar-refractivity contribution in [3.8, 4) is 17.0 Å². The largest absolute Gasteiger partial charge is 0.497 e. The number of thiazole rings is 1. The summed E-state index contributed by atoms with van der Waals surface area (Å²) in [6.07, 6.45) is 0. The average Bonchev–Trinajstić information content (AvgIpc) is 3.10. The van der Waals surface area contributed by atoms with Crippen molar-refractivity contribution < 1.29 is 13.2 Å². The molecule has 3 aromatic rings. The topological polar surface area (TPSA) is 80.3 Å². The number of nitrogens with zero attached hydrogens (tertiary/aromatic N) is 1. The van der Waals surface area contributed by atoms with Crippen LogP contribution in [0.15, 0.2) is 63.3 Å². The van der Waals surface area contributed by atoms with Crippen molar-refractivity contribution >= 4 is 42.4 Å². The number of aromatic nitrogens is 1. The number of hydrogen-bond donors (Lipinski definition) is 2. The molecule has 0 spiro atoms. The van der Waals surface area contributed by atoms with Crippen molar-refractivity contribution in [2.24, 2.45) is 0 Å². The number of ether oxygens (including phenoxy) is 1. The fraction of sp³-hybridized carbons (Fsp3) is 0.0625. The molecule has 0 atom stereocenters. The minimum Gasteiger partial charge on any atom is -0.497 e. The van der Waals surface area contributed by atoms with E-state index < -0.39 is 10.0 Å². The maximum absolute atomic E-state index is 12.2. The summed E-state index contributed by atoms with van der Waals surface area (Å²) in [7, 11) is -2.06. The molecule has 0 unspecified atom stereocenters. The van der Waals surface area contributed by atoms with Gasteiger partial charge in [0.05, 0.1) is 17.7 Å². The lowest BCUT2D eigenvalue weighted by molar-refractivity contribution is 0.415. The maximum atomic E-state index is 12.2. The van der Waals surface area contributed by atoms with E-state index in [9.17, 15) is 8.42 Å². The van der Waals surface area contributed by atoms with E-state index in [0.717, 1.165) is 21.5 Å². The van der Waals surface area contributed by atoms with Gasteiger partial charge in [-0.25, -0.2) is 13.4 Å². The van der Waals surface area contributed by atoms with Crippen molar-refractivity contribution in [1.82, 2.24) is 9.82 Å². The molecule has 0 saturated carbocycles. The molecule has 0 amide bonds. The average molecular weight is 440 g/mol. The van der Waals surface area contributed by atoms with E-state index in [1.54, 1.807) is 19.2 Å². The Morgan fingerprint density at radius 2 is 1.76 bits per heavy atom. The normalized spacial score (nSPS) is 11.3. The first-order chi connectivity index (χ1) is 12.0. The highest BCUT2D eigenvalue weighted by Gasteiger charge is 2.14. The minimum atomic E-state index is -3.67. The van der Waals surface area contributed by atoms with Gasteiger partial charge in [0.2, 0.25) is 0 Å². The Balaban J connectivity index is 1.69. The van der Waals surface area contributed by atoms with Crippen LogP contribution in [0.3, 0.4) is 0 Å². The molecule has 130 valence electrons. The maximum Gasteiger partial charge on any atom is 0.257 e. The molecule has 0 saturated heterocycles. The molecule has 0 fully saturated rings. The molecule has 2 N–H and O–H groups in total. The number of benzene rings is 2. The van der Waals surface area contributed by atoms with Crippen LogP contribution in [-0.4, -0.2) is 20.5 Å². The van der Waals surface area contributed by atoms with Crippen molar-refractivity contribution in [2.45, 2.75) is 4.90 Å². The van der Waals surface area contributed by atoms with Gasteiger partial charge in [0.15, 0.2) is 5.13 Å². The van der Waals surface area contributed by atoms with E-state index in [1.165, 1.54) is 23.5 Å². The molecular formula is C16H14BrN3O3S2. The van der Waals surface area contributed by atoms with Crippen LogP contribution in [0.4, 0.5) is 5.13 Å². The van der Waals surface area contributed by atoms with Gasteiger partial charge in [-0.2, -0.15) is 0 Å². The number of halogens is 1. The van der Waals surface area contributed by atoms with Gasteiger partial charge in [0.1, 0.15) is 5.75 Å². The fourth-order valence-electron chi connectivity index (χ4n) is 2.01. The van der Waals surface area contributed by atoms with Gasteiger partial charge < -0.3 is 4.74 Å². The first kappa shape index (κ1) is 17.9. The zero-order valence-corrected chi connectivity index (χ0v) is 16.3. The summed E-state index contributed by atoms with van der Waals surface area (Å²) in [6.45, 7) is 0. The van der Waals surface area contributed by atoms with Crippen LogP contribution in [0.1, 0.15) is 0 Å². The van der Waals surface area contributed by atoms with E-state index in [0.29, 0.717) is 5.13 Å². The van der Waals surface area contributed by atoms with E-state index in [2.05, 4.69) is 31.2 Å². The summed E-state index contributed by atoms with van der Waals surface area (Å²) in [5.74, 6) is 0.764. The predicted molar refractivity (Wildman–Crippen MR) is 102 cm³/mol. The standard InChI is InChI=1S/C16H14BrN3O3S2/c1-23-13-6-2-11(3-7-13)15-10-24-16(18-15)19-20-25(21,22)14-8-4-12(17)5-9-14/h2-10,20H,1H3,(H,18,19). The van der Waals surface area contributed by atoms with E-state index in [1.807, 2.05) is 29.6 Å². The lowest BCUT2D eigenvalue weighted by atomic mass is 10.2. The molecule has 0 bridgehead atoms. The fourth-order valence-corrected chi connectivity index (χ4v) is 3.85. The van der Waals surface area contributed by atoms with Crippen molar-refractivity contribution in [1.29, 1.82) is 0 Å². The van der Waals surface area contributed by atoms with E-state index >= 15 is 0 Å². The van der Waals surface area contributed by atoms with Gasteiger partial charge in [0.25, 0.3) is 10.0 Å². The van der Waals surface area contributed by atoms with Gasteiger partial charge in [-0.15, -0.1) is 16.2 Å². The molecule has 25 heavy (non-hydrogen) atoms. The van der Waals surface area contributed by atoms with Gasteiger partial charge in [-0.3, -0.25) is 5.43 Å². The third-order valence-electron chi connectivity index (χ3n) is 3.31. The Kier molecular flexibility index (Phi) is 5.38. The zero-order chi connectivity index (χ0) is 17.9. The van der Waals surface area contributed by atoms with Crippen LogP contribution >= 0.6 is 27.3 Å². The monoisotopic (exact) mass is 439 g/mol. The highest BCUT2D eigenvalue weighted by atomic mass is 79.9. The second kappa shape index (κ2) is 7.52. The molecule has 0 aliphatic rings. The number of hydrazine groups is 1. The summed E-state index contributed by atoms with van der Waals surface area (Å²) in [5, 5.41) is 2.30. The molecule has 0 aliphatic carbocycles. The third kappa shape index (κ3) is 4.37. The van der Waals surface area contributed by atoms with Crippen LogP contribution < -0.4 is 15.0 Å². The molecule has 3 rings (SSSR count). The van der Waals surface area contributed by atoms with Crippen LogP contribution in [-0.2, 0) is 10.0 Å². The first-order valence-electron chi connectivity index (χ1n) is 7.11. The highest BCUT2D eigenvalue weighted by Crippen LogP contribution is 2.26. The second-order valence-corrected chi connectivity index (χ2v) is 8.41. The molecule has 1 heterocycles. The molecule has 0 radical (unpaired) electrons. The predicted octanol–water partition coefficient (Wildman–Crippen LogP) is 3.89. The Morgan fingerprint density at radius 3 is 2.40 bits per heavy atom. The quantitative estimate of drug-likeness (QED) is 0.569. The summed E-state index contributed by atoms with van der Waals surface area (Å²) in [4.78, 5) is 6.87. The Bertz CT molecular complexity index is 955. The van der Waals surface area contributed by atoms with Gasteiger partial charge in [-0.1, -0.05) is 15.9 Å². The van der Waals surface area contributed by atoms with Crippen LogP contribution in [0.2, 0.25) is 0 Å². The molecule has 6 nitrogen and oxygen atoms in total. The zero-order valence-electron chi connectivity index (χ0n) is 13.1. The van der Waals surface area contributed by atoms with E-state index in [-0.39, 0.29) is 4.90 Å². The summed E-state index contributed by atoms with van der Waals surface area (Å²) in [5.41, 5.74) is 4.31. The number of hydrogen-bond acceptors (Lipinski definition) is 6. The first-order valence-corrected chi connectivity index (χ1v) is 10.3. The smallest absolute Gasteiger partial charge is 0.257 e. The minimum absolute atomic E-state index is 0.162. The molecular weight excluding hydrogens is 426 g/mol. The second-order valence-electron chi connectivity index (χ2n) is 4.95. The van der Waals surface area contributed by atoms with Crippen LogP contribution in [0.5, 0.6) is 5.75 Å². The summed E-state index contributed by atoms with van der Waals surface area (Å²) >= 11 is 4.58. The summed E-state index contributed by atoms with van der Waals surface area (Å²) in [6, 6.07) is 13.8. The van der Waals surface area contributed by atoms with Crippen molar-refractivity contribution in [2.75, 3.05) is 12.5 Å². The molecule has 9 heteroatoms. The van der Waals surface area contributed by atoms with Crippen molar-refractivity contribution in [3.63, 3.8) is 0 Å². The number of nitrogens with one attached hydrogen (secondary N) is 2. The van der Waals surface area contributed by atoms with Gasteiger partial charge >= 0.3 is 0 Å². The number of rotatable bonds is 6. The van der Waals surface area contributed by atoms with E-state index in [4.69, 9.17) is 4.74 Å². The highest BCUT2D eigenvalue weighted by molar-refractivity contribution is 9.10. The number of sulfonamides is 1. The Morgan fingerprint density at radius 1 is 1.08 bits per heavy atom. The molecule has 2 aromatic carbocycles. The lowest BCUT2D eigenvalue weighted by Gasteiger charge is -2.07. The van der Waals surface area contributed by atoms with Gasteiger partial charge in [-0.05, 0) is 48.5 Å².